The van der Waals surface area contributed by atoms with Crippen molar-refractivity contribution in [2.45, 2.75) is 4.90 Å². The van der Waals surface area contributed by atoms with E-state index in [2.05, 4.69) is 9.71 Å². The number of anilines is 1. The fourth-order valence-electron chi connectivity index (χ4n) is 1.50. The van der Waals surface area contributed by atoms with Crippen LogP contribution in [0, 0.1) is 11.3 Å². The highest BCUT2D eigenvalue weighted by atomic mass is 35.5. The summed E-state index contributed by atoms with van der Waals surface area (Å²) >= 11 is 5.68. The van der Waals surface area contributed by atoms with E-state index < -0.39 is 10.0 Å². The molecule has 1 aromatic carbocycles. The van der Waals surface area contributed by atoms with Crippen molar-refractivity contribution in [2.75, 3.05) is 11.3 Å². The third-order valence-corrected chi connectivity index (χ3v) is 4.00. The van der Waals surface area contributed by atoms with E-state index in [1.54, 1.807) is 12.1 Å². The van der Waals surface area contributed by atoms with E-state index in [9.17, 15) is 8.42 Å². The predicted molar refractivity (Wildman–Crippen MR) is 77.6 cm³/mol. The van der Waals surface area contributed by atoms with Gasteiger partial charge in [-0.1, -0.05) is 11.6 Å². The number of sulfonamides is 1. The first-order valence-electron chi connectivity index (χ1n) is 5.75. The first-order chi connectivity index (χ1) is 10.0. The zero-order chi connectivity index (χ0) is 15.3. The lowest BCUT2D eigenvalue weighted by Crippen LogP contribution is -2.13. The van der Waals surface area contributed by atoms with Crippen molar-refractivity contribution in [3.63, 3.8) is 0 Å². The largest absolute Gasteiger partial charge is 0.479 e. The number of hydrogen-bond acceptors (Lipinski definition) is 5. The predicted octanol–water partition coefficient (Wildman–Crippen LogP) is 2.44. The van der Waals surface area contributed by atoms with Gasteiger partial charge in [-0.05, 0) is 36.4 Å². The molecule has 0 bridgehead atoms. The van der Waals surface area contributed by atoms with Gasteiger partial charge in [0, 0.05) is 11.9 Å². The topological polar surface area (TPSA) is 92.1 Å². The smallest absolute Gasteiger partial charge is 0.262 e. The lowest BCUT2D eigenvalue weighted by Gasteiger charge is -2.09. The van der Waals surface area contributed by atoms with E-state index in [0.29, 0.717) is 11.4 Å². The molecular formula is C13H10ClN3O3S. The van der Waals surface area contributed by atoms with E-state index in [1.165, 1.54) is 30.5 Å². The molecule has 0 fully saturated rings. The van der Waals surface area contributed by atoms with Crippen LogP contribution in [0.1, 0.15) is 0 Å². The summed E-state index contributed by atoms with van der Waals surface area (Å²) in [7, 11) is -3.73. The Kier molecular flexibility index (Phi) is 4.62. The molecule has 0 aliphatic heterocycles. The molecule has 108 valence electrons. The lowest BCUT2D eigenvalue weighted by atomic mass is 10.3. The highest BCUT2D eigenvalue weighted by Crippen LogP contribution is 2.20. The first kappa shape index (κ1) is 15.1. The Morgan fingerprint density at radius 1 is 1.29 bits per heavy atom. The maximum Gasteiger partial charge on any atom is 0.262 e. The Morgan fingerprint density at radius 3 is 2.62 bits per heavy atom. The lowest BCUT2D eigenvalue weighted by molar-refractivity contribution is 0.368. The summed E-state index contributed by atoms with van der Waals surface area (Å²) in [5.41, 5.74) is 0.368. The molecule has 2 aromatic rings. The minimum atomic E-state index is -3.73. The molecule has 0 amide bonds. The first-order valence-corrected chi connectivity index (χ1v) is 7.61. The van der Waals surface area contributed by atoms with E-state index in [0.717, 1.165) is 0 Å². The molecule has 21 heavy (non-hydrogen) atoms. The van der Waals surface area contributed by atoms with Crippen LogP contribution in [0.4, 0.5) is 5.69 Å². The summed E-state index contributed by atoms with van der Waals surface area (Å²) in [4.78, 5) is 3.75. The summed E-state index contributed by atoms with van der Waals surface area (Å²) in [6, 6.07) is 10.6. The number of nitriles is 1. The van der Waals surface area contributed by atoms with Gasteiger partial charge in [-0.3, -0.25) is 4.72 Å². The second-order valence-corrected chi connectivity index (χ2v) is 5.96. The molecule has 0 aliphatic carbocycles. The number of ether oxygens (including phenoxy) is 1. The number of rotatable bonds is 5. The Balaban J connectivity index is 2.15. The minimum absolute atomic E-state index is 0.0207. The van der Waals surface area contributed by atoms with Crippen LogP contribution < -0.4 is 9.46 Å². The van der Waals surface area contributed by atoms with Crippen molar-refractivity contribution < 1.29 is 13.2 Å². The molecule has 8 heteroatoms. The van der Waals surface area contributed by atoms with Gasteiger partial charge in [0.05, 0.1) is 4.90 Å². The van der Waals surface area contributed by atoms with E-state index in [-0.39, 0.29) is 16.7 Å². The van der Waals surface area contributed by atoms with Crippen molar-refractivity contribution in [3.8, 4) is 11.8 Å². The van der Waals surface area contributed by atoms with Crippen LogP contribution in [0.3, 0.4) is 0 Å². The number of pyridine rings is 1. The Labute approximate surface area is 127 Å². The Bertz CT molecular complexity index is 770. The van der Waals surface area contributed by atoms with E-state index in [4.69, 9.17) is 21.6 Å². The monoisotopic (exact) mass is 323 g/mol. The summed E-state index contributed by atoms with van der Waals surface area (Å²) in [5.74, 6) is 0.478. The summed E-state index contributed by atoms with van der Waals surface area (Å²) < 4.78 is 31.8. The maximum absolute atomic E-state index is 12.1. The molecular weight excluding hydrogens is 314 g/mol. The number of halogens is 1. The molecule has 0 aliphatic rings. The van der Waals surface area contributed by atoms with Crippen LogP contribution in [-0.2, 0) is 10.0 Å². The minimum Gasteiger partial charge on any atom is -0.479 e. The van der Waals surface area contributed by atoms with Crippen LogP contribution in [0.15, 0.2) is 47.5 Å². The normalized spacial score (nSPS) is 10.7. The number of aromatic nitrogens is 1. The quantitative estimate of drug-likeness (QED) is 0.853. The summed E-state index contributed by atoms with van der Waals surface area (Å²) in [6.07, 6.45) is 1.32. The third-order valence-electron chi connectivity index (χ3n) is 2.42. The molecule has 0 saturated heterocycles. The second kappa shape index (κ2) is 6.43. The molecule has 1 N–H and O–H groups in total. The number of hydrogen-bond donors (Lipinski definition) is 1. The van der Waals surface area contributed by atoms with Gasteiger partial charge in [0.1, 0.15) is 17.0 Å². The van der Waals surface area contributed by atoms with Gasteiger partial charge in [-0.25, -0.2) is 13.4 Å². The summed E-state index contributed by atoms with van der Waals surface area (Å²) in [6.45, 7) is -0.0689. The van der Waals surface area contributed by atoms with Crippen molar-refractivity contribution in [2.24, 2.45) is 0 Å². The standard InChI is InChI=1S/C13H10ClN3O3S/c14-13-9-12(5-7-16-13)21(18,19)17-10-1-3-11(4-2-10)20-8-6-15/h1-5,7,9,17H,8H2. The molecule has 0 saturated carbocycles. The molecule has 1 heterocycles. The van der Waals surface area contributed by atoms with E-state index in [1.807, 2.05) is 6.07 Å². The van der Waals surface area contributed by atoms with Crippen molar-refractivity contribution in [1.82, 2.24) is 4.98 Å². The van der Waals surface area contributed by atoms with Gasteiger partial charge in [0.2, 0.25) is 0 Å². The van der Waals surface area contributed by atoms with Crippen molar-refractivity contribution in [3.05, 3.63) is 47.7 Å². The molecule has 0 atom stereocenters. The summed E-state index contributed by atoms with van der Waals surface area (Å²) in [5, 5.41) is 8.50. The number of nitrogens with zero attached hydrogens (tertiary/aromatic N) is 2. The zero-order valence-corrected chi connectivity index (χ0v) is 12.2. The van der Waals surface area contributed by atoms with Gasteiger partial charge in [0.15, 0.2) is 6.61 Å². The van der Waals surface area contributed by atoms with E-state index >= 15 is 0 Å². The molecule has 2 rings (SSSR count). The van der Waals surface area contributed by atoms with Gasteiger partial charge < -0.3 is 4.74 Å². The fourth-order valence-corrected chi connectivity index (χ4v) is 2.81. The van der Waals surface area contributed by atoms with Crippen molar-refractivity contribution >= 4 is 27.3 Å². The van der Waals surface area contributed by atoms with Gasteiger partial charge in [0.25, 0.3) is 10.0 Å². The van der Waals surface area contributed by atoms with Crippen LogP contribution in [0.5, 0.6) is 5.75 Å². The average Bonchev–Trinajstić information content (AvgIpc) is 2.46. The number of benzene rings is 1. The maximum atomic E-state index is 12.1. The fraction of sp³-hybridized carbons (Fsp3) is 0.0769. The number of nitrogens with one attached hydrogen (secondary N) is 1. The SMILES string of the molecule is N#CCOc1ccc(NS(=O)(=O)c2ccnc(Cl)c2)cc1. The molecule has 1 aromatic heterocycles. The molecule has 0 spiro atoms. The molecule has 0 radical (unpaired) electrons. The van der Waals surface area contributed by atoms with Crippen LogP contribution in [-0.4, -0.2) is 20.0 Å². The van der Waals surface area contributed by atoms with Gasteiger partial charge in [-0.15, -0.1) is 0 Å². The third kappa shape index (κ3) is 4.08. The second-order valence-electron chi connectivity index (χ2n) is 3.89. The molecule has 0 unspecified atom stereocenters. The van der Waals surface area contributed by atoms with Crippen LogP contribution in [0.2, 0.25) is 5.15 Å². The van der Waals surface area contributed by atoms with Crippen LogP contribution >= 0.6 is 11.6 Å². The Morgan fingerprint density at radius 2 is 2.00 bits per heavy atom. The highest BCUT2D eigenvalue weighted by Gasteiger charge is 2.14. The van der Waals surface area contributed by atoms with Crippen molar-refractivity contribution in [1.29, 1.82) is 5.26 Å². The average molecular weight is 324 g/mol. The van der Waals surface area contributed by atoms with Gasteiger partial charge >= 0.3 is 0 Å². The van der Waals surface area contributed by atoms with Crippen LogP contribution in [0.25, 0.3) is 0 Å². The van der Waals surface area contributed by atoms with Gasteiger partial charge in [-0.2, -0.15) is 5.26 Å². The highest BCUT2D eigenvalue weighted by molar-refractivity contribution is 7.92. The Hall–Kier alpha value is -2.30. The molecule has 6 nitrogen and oxygen atoms in total. The zero-order valence-electron chi connectivity index (χ0n) is 10.7.